The van der Waals surface area contributed by atoms with Crippen LogP contribution in [0.4, 0.5) is 0 Å². The summed E-state index contributed by atoms with van der Waals surface area (Å²) in [5.74, 6) is -10.9. The van der Waals surface area contributed by atoms with Crippen LogP contribution in [0.2, 0.25) is 0 Å². The number of hydrogen-bond donors (Lipinski definition) is 4. The van der Waals surface area contributed by atoms with E-state index in [1.165, 1.54) is 40.8 Å². The van der Waals surface area contributed by atoms with Gasteiger partial charge in [0.05, 0.1) is 25.7 Å². The number of likely N-dealkylation sites (N-methyl/N-ethyl adjacent to an activating group) is 2. The number of nitrogens with zero attached hydrogens (tertiary/aromatic N) is 4. The minimum atomic E-state index is -1.60. The first-order valence-electron chi connectivity index (χ1n) is 27.1. The first-order chi connectivity index (χ1) is 36.1. The van der Waals surface area contributed by atoms with Gasteiger partial charge >= 0.3 is 11.9 Å². The number of ether oxygens (including phenoxy) is 3. The average molecular weight is 1080 g/mol. The molecular weight excluding hydrogens is 995 g/mol. The molecule has 1 spiro atoms. The minimum absolute atomic E-state index is 0.0711. The molecule has 1 aromatic rings. The molecular formula is C56H81N7O14. The molecule has 77 heavy (non-hydrogen) atoms. The maximum Gasteiger partial charge on any atom is 0.334 e. The molecule has 2 aliphatic carbocycles. The molecule has 2 saturated carbocycles. The van der Waals surface area contributed by atoms with Gasteiger partial charge in [-0.05, 0) is 91.7 Å². The van der Waals surface area contributed by atoms with Crippen LogP contribution in [-0.4, -0.2) is 172 Å². The summed E-state index contributed by atoms with van der Waals surface area (Å²) in [4.78, 5) is 147. The highest BCUT2D eigenvalue weighted by atomic mass is 16.6. The third-order valence-electron chi connectivity index (χ3n) is 16.6. The molecule has 424 valence electrons. The molecule has 1 aromatic carbocycles. The number of aliphatic hydroxyl groups is 1. The number of Topliss-reactive ketones (excluding diaryl/α,β-unsaturated/α-hetero) is 1. The number of esters is 2. The number of ketones is 1. The van der Waals surface area contributed by atoms with Crippen molar-refractivity contribution in [1.29, 1.82) is 0 Å². The Morgan fingerprint density at radius 1 is 0.883 bits per heavy atom. The number of methoxy groups -OCH3 is 1. The van der Waals surface area contributed by atoms with Crippen molar-refractivity contribution in [2.24, 2.45) is 41.4 Å². The molecule has 21 heteroatoms. The molecule has 3 unspecified atom stereocenters. The van der Waals surface area contributed by atoms with Crippen LogP contribution in [-0.2, 0) is 63.8 Å². The Kier molecular flexibility index (Phi) is 18.7. The van der Waals surface area contributed by atoms with Crippen molar-refractivity contribution in [2.45, 2.75) is 161 Å². The topological polar surface area (TPSA) is 268 Å². The number of carbonyl (C=O) groups excluding carboxylic acids is 10. The number of fused-ring (bicyclic) bond motifs is 1. The number of nitrogens with one attached hydrogen (secondary N) is 3. The predicted octanol–water partition coefficient (Wildman–Crippen LogP) is 2.30. The van der Waals surface area contributed by atoms with E-state index in [-0.39, 0.29) is 68.9 Å². The Bertz CT molecular complexity index is 2480. The van der Waals surface area contributed by atoms with Crippen molar-refractivity contribution >= 4 is 59.1 Å². The first-order valence-corrected chi connectivity index (χ1v) is 27.1. The summed E-state index contributed by atoms with van der Waals surface area (Å²) in [6, 6.07) is 2.19. The van der Waals surface area contributed by atoms with Gasteiger partial charge in [0.25, 0.3) is 11.8 Å². The Morgan fingerprint density at radius 2 is 1.52 bits per heavy atom. The molecule has 0 aromatic heterocycles. The Hall–Kier alpha value is -6.38. The van der Waals surface area contributed by atoms with Crippen molar-refractivity contribution < 1.29 is 67.3 Å². The fourth-order valence-corrected chi connectivity index (χ4v) is 11.8. The average Bonchev–Trinajstić information content (AvgIpc) is 4.18. The van der Waals surface area contributed by atoms with E-state index in [2.05, 4.69) is 22.5 Å². The Morgan fingerprint density at radius 3 is 2.08 bits per heavy atom. The lowest BCUT2D eigenvalue weighted by atomic mass is 9.94. The number of amides is 7. The maximum atomic E-state index is 14.9. The van der Waals surface area contributed by atoms with Crippen LogP contribution in [0.3, 0.4) is 0 Å². The zero-order valence-corrected chi connectivity index (χ0v) is 46.8. The Labute approximate surface area is 451 Å². The Balaban J connectivity index is 1.38. The number of benzene rings is 1. The molecule has 3 saturated heterocycles. The fraction of sp³-hybridized carbons (Fsp3) is 0.679. The SMILES string of the molecule is C=C1OC(=O)[C@H](Cc2ccc(OC)cc2)N(C)C(=O)[C@@H]2CCCN2C(=O)[C@@]2(CC2C(C)C)NC(=O)[C@H](C(C)C)OC(=O)C[C@H](O)C(C(C)C)NC(=O)C1CNC(=O)[C@]1(N(C)C(=O)[C@@H]2CCCN2C(=O)C(C)=O)C[C@H]1C(C)C. The molecule has 3 aliphatic heterocycles. The van der Waals surface area contributed by atoms with E-state index >= 15 is 0 Å². The summed E-state index contributed by atoms with van der Waals surface area (Å²) in [5, 5.41) is 20.2. The molecule has 21 nitrogen and oxygen atoms in total. The monoisotopic (exact) mass is 1080 g/mol. The van der Waals surface area contributed by atoms with Crippen molar-refractivity contribution in [1.82, 2.24) is 35.6 Å². The van der Waals surface area contributed by atoms with E-state index in [1.54, 1.807) is 52.0 Å². The quantitative estimate of drug-likeness (QED) is 0.163. The lowest BCUT2D eigenvalue weighted by Crippen LogP contribution is -2.59. The summed E-state index contributed by atoms with van der Waals surface area (Å²) in [7, 11) is 4.39. The first kappa shape index (κ1) is 59.9. The molecule has 7 amide bonds. The summed E-state index contributed by atoms with van der Waals surface area (Å²) in [6.45, 7) is 19.3. The highest BCUT2D eigenvalue weighted by Gasteiger charge is 2.66. The highest BCUT2D eigenvalue weighted by molar-refractivity contribution is 6.35. The van der Waals surface area contributed by atoms with E-state index in [9.17, 15) is 53.1 Å². The van der Waals surface area contributed by atoms with E-state index in [0.717, 1.165) is 6.92 Å². The van der Waals surface area contributed by atoms with Crippen LogP contribution < -0.4 is 20.7 Å². The fourth-order valence-electron chi connectivity index (χ4n) is 11.8. The van der Waals surface area contributed by atoms with E-state index in [0.29, 0.717) is 24.2 Å². The van der Waals surface area contributed by atoms with Crippen molar-refractivity contribution in [3.63, 3.8) is 0 Å². The number of cyclic esters (lactones) is 2. The molecule has 11 atom stereocenters. The van der Waals surface area contributed by atoms with Crippen molar-refractivity contribution in [2.75, 3.05) is 40.8 Å². The molecule has 6 rings (SSSR count). The van der Waals surface area contributed by atoms with Crippen LogP contribution >= 0.6 is 0 Å². The minimum Gasteiger partial charge on any atom is -0.497 e. The van der Waals surface area contributed by atoms with Crippen LogP contribution in [0, 0.1) is 41.4 Å². The summed E-state index contributed by atoms with van der Waals surface area (Å²) in [5.41, 5.74) is -2.28. The smallest absolute Gasteiger partial charge is 0.334 e. The molecule has 4 N–H and O–H groups in total. The van der Waals surface area contributed by atoms with Crippen molar-refractivity contribution in [3.05, 3.63) is 42.2 Å². The van der Waals surface area contributed by atoms with Crippen LogP contribution in [0.25, 0.3) is 0 Å². The van der Waals surface area contributed by atoms with Gasteiger partial charge in [-0.15, -0.1) is 0 Å². The van der Waals surface area contributed by atoms with Crippen molar-refractivity contribution in [3.8, 4) is 5.75 Å². The second-order valence-corrected chi connectivity index (χ2v) is 23.1. The normalized spacial score (nSPS) is 30.7. The summed E-state index contributed by atoms with van der Waals surface area (Å²) >= 11 is 0. The van der Waals surface area contributed by atoms with Gasteiger partial charge < -0.3 is 54.9 Å². The zero-order valence-electron chi connectivity index (χ0n) is 46.8. The van der Waals surface area contributed by atoms with Gasteiger partial charge in [0, 0.05) is 47.1 Å². The summed E-state index contributed by atoms with van der Waals surface area (Å²) < 4.78 is 17.1. The third kappa shape index (κ3) is 12.5. The van der Waals surface area contributed by atoms with Gasteiger partial charge in [-0.3, -0.25) is 43.2 Å². The highest BCUT2D eigenvalue weighted by Crippen LogP contribution is 2.53. The second-order valence-electron chi connectivity index (χ2n) is 23.1. The molecule has 5 aliphatic rings. The molecule has 5 fully saturated rings. The summed E-state index contributed by atoms with van der Waals surface area (Å²) in [6.07, 6.45) is -1.85. The number of likely N-dealkylation sites (tertiary alicyclic amines) is 1. The maximum absolute atomic E-state index is 14.9. The van der Waals surface area contributed by atoms with E-state index in [1.807, 2.05) is 27.7 Å². The van der Waals surface area contributed by atoms with Crippen LogP contribution in [0.5, 0.6) is 5.75 Å². The lowest BCUT2D eigenvalue weighted by molar-refractivity contribution is -0.162. The standard InChI is InChI=1S/C56H81N7O14/c1-29(2)38-26-55(38)54(74)63-23-15-16-40(63)50(70)60(11)42(24-35-18-20-36(75-13)21-19-35)52(72)76-34(10)37(47(67)58-45(31(5)6)43(65)25-44(66)77-46(32(7)8)48(68)59-55)28-57-53(73)56(27-39(56)30(3)4)61(12)51(71)41-17-14-22-62(41)49(69)33(9)64/h18-21,29-32,37-43,45-46,65H,10,14-17,22-28H2,1-9,11-13H3,(H,57,73)(H,58,67)(H,59,68)/t37?,38?,39-,40-,41-,42-,43-,45?,46-,55-,56-/m0/s1. The molecule has 0 radical (unpaired) electrons. The largest absolute Gasteiger partial charge is 0.497 e. The third-order valence-corrected chi connectivity index (χ3v) is 16.6. The molecule has 0 bridgehead atoms. The van der Waals surface area contributed by atoms with Gasteiger partial charge in [0.15, 0.2) is 6.10 Å². The van der Waals surface area contributed by atoms with E-state index in [4.69, 9.17) is 14.2 Å². The van der Waals surface area contributed by atoms with Crippen LogP contribution in [0.15, 0.2) is 36.6 Å². The van der Waals surface area contributed by atoms with Crippen LogP contribution in [0.1, 0.15) is 113 Å². The lowest BCUT2D eigenvalue weighted by Gasteiger charge is -2.35. The number of hydrogen-bond acceptors (Lipinski definition) is 14. The second kappa shape index (κ2) is 24.1. The number of rotatable bonds is 13. The van der Waals surface area contributed by atoms with E-state index < -0.39 is 143 Å². The van der Waals surface area contributed by atoms with Gasteiger partial charge in [0.1, 0.15) is 46.6 Å². The van der Waals surface area contributed by atoms with Gasteiger partial charge in [-0.25, -0.2) is 4.79 Å². The zero-order chi connectivity index (χ0) is 57.2. The van der Waals surface area contributed by atoms with Gasteiger partial charge in [-0.2, -0.15) is 0 Å². The predicted molar refractivity (Wildman–Crippen MR) is 280 cm³/mol. The number of aliphatic hydroxyl groups excluding tert-OH is 1. The molecule has 3 heterocycles. The number of carbonyl (C=O) groups is 10. The van der Waals surface area contributed by atoms with Gasteiger partial charge in [-0.1, -0.05) is 74.1 Å². The van der Waals surface area contributed by atoms with Gasteiger partial charge in [0.2, 0.25) is 35.3 Å².